The van der Waals surface area contributed by atoms with Gasteiger partial charge >= 0.3 is 0 Å². The largest absolute Gasteiger partial charge is 0.348 e. The number of carbonyl (C=O) groups is 2. The van der Waals surface area contributed by atoms with Gasteiger partial charge in [-0.05, 0) is 35.9 Å². The molecule has 3 rings (SSSR count). The lowest BCUT2D eigenvalue weighted by atomic mass is 10.1. The minimum Gasteiger partial charge on any atom is -0.348 e. The molecule has 6 nitrogen and oxygen atoms in total. The van der Waals surface area contributed by atoms with Crippen LogP contribution in [0, 0.1) is 11.3 Å². The van der Waals surface area contributed by atoms with Crippen LogP contribution in [0.2, 0.25) is 5.02 Å². The third-order valence-corrected chi connectivity index (χ3v) is 4.28. The van der Waals surface area contributed by atoms with E-state index in [0.717, 1.165) is 5.56 Å². The van der Waals surface area contributed by atoms with E-state index < -0.39 is 5.91 Å². The second kappa shape index (κ2) is 8.80. The predicted molar refractivity (Wildman–Crippen MR) is 106 cm³/mol. The third-order valence-electron chi connectivity index (χ3n) is 3.91. The molecule has 0 spiro atoms. The fourth-order valence-electron chi connectivity index (χ4n) is 2.48. The molecule has 2 aromatic carbocycles. The number of nitrogens with one attached hydrogen (secondary N) is 2. The smallest absolute Gasteiger partial charge is 0.257 e. The summed E-state index contributed by atoms with van der Waals surface area (Å²) in [6.07, 6.45) is 2.75. The molecule has 0 fully saturated rings. The molecule has 0 aliphatic heterocycles. The predicted octanol–water partition coefficient (Wildman–Crippen LogP) is 3.79. The standard InChI is InChI=1S/C21H15ClN4O2/c22-19-7-2-1-5-15(19)13-25-20(27)16-9-17(12-24-11-16)21(28)26-18-6-3-4-14(8-18)10-23/h1-9,11-12H,13H2,(H,25,27)(H,26,28). The lowest BCUT2D eigenvalue weighted by Crippen LogP contribution is -2.23. The number of hydrogen-bond donors (Lipinski definition) is 2. The van der Waals surface area contributed by atoms with Gasteiger partial charge in [0, 0.05) is 29.6 Å². The van der Waals surface area contributed by atoms with E-state index in [4.69, 9.17) is 16.9 Å². The molecule has 28 heavy (non-hydrogen) atoms. The maximum absolute atomic E-state index is 12.4. The van der Waals surface area contributed by atoms with E-state index >= 15 is 0 Å². The van der Waals surface area contributed by atoms with E-state index in [0.29, 0.717) is 16.3 Å². The van der Waals surface area contributed by atoms with Crippen LogP contribution in [0.1, 0.15) is 31.8 Å². The maximum atomic E-state index is 12.4. The highest BCUT2D eigenvalue weighted by atomic mass is 35.5. The summed E-state index contributed by atoms with van der Waals surface area (Å²) in [6.45, 7) is 0.260. The minimum atomic E-state index is -0.427. The number of halogens is 1. The van der Waals surface area contributed by atoms with Crippen LogP contribution in [0.4, 0.5) is 5.69 Å². The molecule has 7 heteroatoms. The summed E-state index contributed by atoms with van der Waals surface area (Å²) < 4.78 is 0. The second-order valence-corrected chi connectivity index (χ2v) is 6.29. The first-order chi connectivity index (χ1) is 13.6. The summed E-state index contributed by atoms with van der Waals surface area (Å²) >= 11 is 6.08. The Morgan fingerprint density at radius 1 is 1.00 bits per heavy atom. The highest BCUT2D eigenvalue weighted by molar-refractivity contribution is 6.31. The van der Waals surface area contributed by atoms with E-state index in [-0.39, 0.29) is 23.6 Å². The number of aromatic nitrogens is 1. The van der Waals surface area contributed by atoms with E-state index in [1.165, 1.54) is 18.5 Å². The van der Waals surface area contributed by atoms with Gasteiger partial charge in [-0.25, -0.2) is 0 Å². The minimum absolute atomic E-state index is 0.229. The van der Waals surface area contributed by atoms with Gasteiger partial charge in [0.1, 0.15) is 0 Å². The fraction of sp³-hybridized carbons (Fsp3) is 0.0476. The molecule has 0 unspecified atom stereocenters. The molecule has 0 aliphatic rings. The van der Waals surface area contributed by atoms with Crippen molar-refractivity contribution in [1.82, 2.24) is 10.3 Å². The molecule has 0 radical (unpaired) electrons. The normalized spacial score (nSPS) is 10.0. The Labute approximate surface area is 166 Å². The maximum Gasteiger partial charge on any atom is 0.257 e. The molecule has 1 heterocycles. The first-order valence-corrected chi connectivity index (χ1v) is 8.73. The van der Waals surface area contributed by atoms with Crippen LogP contribution >= 0.6 is 11.6 Å². The quantitative estimate of drug-likeness (QED) is 0.692. The van der Waals surface area contributed by atoms with Gasteiger partial charge < -0.3 is 10.6 Å². The highest BCUT2D eigenvalue weighted by Crippen LogP contribution is 2.15. The van der Waals surface area contributed by atoms with Crippen molar-refractivity contribution in [3.05, 3.63) is 94.3 Å². The van der Waals surface area contributed by atoms with Gasteiger partial charge in [-0.15, -0.1) is 0 Å². The van der Waals surface area contributed by atoms with Crippen molar-refractivity contribution in [2.45, 2.75) is 6.54 Å². The van der Waals surface area contributed by atoms with Crippen molar-refractivity contribution in [3.63, 3.8) is 0 Å². The van der Waals surface area contributed by atoms with Gasteiger partial charge in [-0.2, -0.15) is 5.26 Å². The molecule has 0 saturated carbocycles. The summed E-state index contributed by atoms with van der Waals surface area (Å²) in [5.74, 6) is -0.795. The van der Waals surface area contributed by atoms with Crippen LogP contribution in [0.3, 0.4) is 0 Å². The van der Waals surface area contributed by atoms with Gasteiger partial charge in [-0.1, -0.05) is 35.9 Å². The van der Waals surface area contributed by atoms with Gasteiger partial charge in [0.15, 0.2) is 0 Å². The number of rotatable bonds is 5. The monoisotopic (exact) mass is 390 g/mol. The van der Waals surface area contributed by atoms with Gasteiger partial charge in [0.25, 0.3) is 11.8 Å². The Bertz CT molecular complexity index is 1080. The van der Waals surface area contributed by atoms with Crippen molar-refractivity contribution in [2.24, 2.45) is 0 Å². The van der Waals surface area contributed by atoms with Crippen molar-refractivity contribution < 1.29 is 9.59 Å². The fourth-order valence-corrected chi connectivity index (χ4v) is 2.68. The second-order valence-electron chi connectivity index (χ2n) is 5.88. The van der Waals surface area contributed by atoms with E-state index in [1.54, 1.807) is 30.3 Å². The van der Waals surface area contributed by atoms with Gasteiger partial charge in [-0.3, -0.25) is 14.6 Å². The first kappa shape index (κ1) is 19.1. The number of benzene rings is 2. The molecule has 1 aromatic heterocycles. The molecule has 138 valence electrons. The Balaban J connectivity index is 1.69. The van der Waals surface area contributed by atoms with Crippen molar-refractivity contribution in [1.29, 1.82) is 5.26 Å². The molecule has 2 amide bonds. The average molecular weight is 391 g/mol. The first-order valence-electron chi connectivity index (χ1n) is 8.35. The number of anilines is 1. The Hall–Kier alpha value is -3.69. The third kappa shape index (κ3) is 4.72. The Morgan fingerprint density at radius 3 is 2.50 bits per heavy atom. The van der Waals surface area contributed by atoms with Crippen molar-refractivity contribution >= 4 is 29.1 Å². The van der Waals surface area contributed by atoms with Crippen LogP contribution in [0.5, 0.6) is 0 Å². The lowest BCUT2D eigenvalue weighted by Gasteiger charge is -2.09. The number of carbonyl (C=O) groups excluding carboxylic acids is 2. The van der Waals surface area contributed by atoms with Crippen LogP contribution in [0.15, 0.2) is 67.0 Å². The molecule has 0 bridgehead atoms. The van der Waals surface area contributed by atoms with Gasteiger partial charge in [0.05, 0.1) is 22.8 Å². The number of hydrogen-bond acceptors (Lipinski definition) is 4. The summed E-state index contributed by atoms with van der Waals surface area (Å²) in [7, 11) is 0. The molecule has 0 aliphatic carbocycles. The number of nitrogens with zero attached hydrogens (tertiary/aromatic N) is 2. The zero-order valence-corrected chi connectivity index (χ0v) is 15.4. The highest BCUT2D eigenvalue weighted by Gasteiger charge is 2.12. The van der Waals surface area contributed by atoms with Crippen LogP contribution in [0.25, 0.3) is 0 Å². The van der Waals surface area contributed by atoms with E-state index in [1.807, 2.05) is 24.3 Å². The lowest BCUT2D eigenvalue weighted by molar-refractivity contribution is 0.0950. The van der Waals surface area contributed by atoms with E-state index in [9.17, 15) is 9.59 Å². The summed E-state index contributed by atoms with van der Waals surface area (Å²) in [4.78, 5) is 28.8. The zero-order valence-electron chi connectivity index (χ0n) is 14.6. The molecule has 0 saturated heterocycles. The van der Waals surface area contributed by atoms with Crippen molar-refractivity contribution in [2.75, 3.05) is 5.32 Å². The van der Waals surface area contributed by atoms with E-state index in [2.05, 4.69) is 15.6 Å². The average Bonchev–Trinajstić information content (AvgIpc) is 2.73. The van der Waals surface area contributed by atoms with Crippen LogP contribution in [-0.4, -0.2) is 16.8 Å². The summed E-state index contributed by atoms with van der Waals surface area (Å²) in [6, 6.07) is 17.2. The molecular weight excluding hydrogens is 376 g/mol. The topological polar surface area (TPSA) is 94.9 Å². The summed E-state index contributed by atoms with van der Waals surface area (Å²) in [5.41, 5.74) is 2.19. The number of pyridine rings is 1. The molecule has 3 aromatic rings. The molecular formula is C21H15ClN4O2. The van der Waals surface area contributed by atoms with Crippen LogP contribution in [-0.2, 0) is 6.54 Å². The summed E-state index contributed by atoms with van der Waals surface area (Å²) in [5, 5.41) is 14.9. The van der Waals surface area contributed by atoms with Crippen molar-refractivity contribution in [3.8, 4) is 6.07 Å². The molecule has 2 N–H and O–H groups in total. The van der Waals surface area contributed by atoms with Gasteiger partial charge in [0.2, 0.25) is 0 Å². The molecule has 0 atom stereocenters. The number of amides is 2. The number of nitriles is 1. The SMILES string of the molecule is N#Cc1cccc(NC(=O)c2cncc(C(=O)NCc3ccccc3Cl)c2)c1. The zero-order chi connectivity index (χ0) is 19.9. The Morgan fingerprint density at radius 2 is 1.75 bits per heavy atom. The Kier molecular flexibility index (Phi) is 6.00. The van der Waals surface area contributed by atoms with Crippen LogP contribution < -0.4 is 10.6 Å².